The summed E-state index contributed by atoms with van der Waals surface area (Å²) in [5.74, 6) is -0.527. The molecule has 1 N–H and O–H groups in total. The average molecular weight is 389 g/mol. The highest BCUT2D eigenvalue weighted by Crippen LogP contribution is 2.28. The molecule has 0 fully saturated rings. The smallest absolute Gasteiger partial charge is 0.250 e. The molecular formula is C18H13F2N3OS2. The molecule has 0 aliphatic carbocycles. The van der Waals surface area contributed by atoms with Crippen molar-refractivity contribution in [2.24, 2.45) is 0 Å². The van der Waals surface area contributed by atoms with Gasteiger partial charge in [-0.1, -0.05) is 53.4 Å². The predicted molar refractivity (Wildman–Crippen MR) is 99.9 cm³/mol. The van der Waals surface area contributed by atoms with E-state index < -0.39 is 0 Å². The van der Waals surface area contributed by atoms with Crippen molar-refractivity contribution in [1.29, 1.82) is 0 Å². The van der Waals surface area contributed by atoms with E-state index in [2.05, 4.69) is 15.5 Å². The molecule has 1 heterocycles. The highest BCUT2D eigenvalue weighted by atomic mass is 32.2. The van der Waals surface area contributed by atoms with E-state index >= 15 is 0 Å². The number of halogens is 2. The zero-order valence-corrected chi connectivity index (χ0v) is 15.0. The van der Waals surface area contributed by atoms with E-state index in [-0.39, 0.29) is 17.5 Å². The van der Waals surface area contributed by atoms with E-state index in [1.54, 1.807) is 36.4 Å². The van der Waals surface area contributed by atoms with Gasteiger partial charge in [-0.25, -0.2) is 8.78 Å². The SMILES string of the molecule is O=C(/C=C/c1ccc(F)cc1)Nc1nnc(SCc2ccccc2F)s1. The monoisotopic (exact) mass is 389 g/mol. The van der Waals surface area contributed by atoms with Gasteiger partial charge in [0.2, 0.25) is 11.0 Å². The van der Waals surface area contributed by atoms with E-state index in [0.29, 0.717) is 26.4 Å². The Morgan fingerprint density at radius 3 is 2.65 bits per heavy atom. The van der Waals surface area contributed by atoms with Crippen LogP contribution in [0.5, 0.6) is 0 Å². The lowest BCUT2D eigenvalue weighted by Crippen LogP contribution is -2.07. The summed E-state index contributed by atoms with van der Waals surface area (Å²) < 4.78 is 27.0. The second kappa shape index (κ2) is 8.68. The molecule has 0 bridgehead atoms. The molecule has 0 aliphatic heterocycles. The molecule has 1 amide bonds. The molecule has 1 aromatic heterocycles. The number of nitrogens with one attached hydrogen (secondary N) is 1. The van der Waals surface area contributed by atoms with Crippen LogP contribution in [0, 0.1) is 11.6 Å². The third kappa shape index (κ3) is 5.21. The predicted octanol–water partition coefficient (Wildman–Crippen LogP) is 4.76. The van der Waals surface area contributed by atoms with Gasteiger partial charge in [-0.05, 0) is 35.4 Å². The van der Waals surface area contributed by atoms with Gasteiger partial charge >= 0.3 is 0 Å². The topological polar surface area (TPSA) is 54.9 Å². The van der Waals surface area contributed by atoms with Crippen LogP contribution >= 0.6 is 23.1 Å². The van der Waals surface area contributed by atoms with E-state index in [0.717, 1.165) is 0 Å². The van der Waals surface area contributed by atoms with Crippen LogP contribution in [0.3, 0.4) is 0 Å². The Kier molecular flexibility index (Phi) is 6.08. The second-order valence-electron chi connectivity index (χ2n) is 5.13. The van der Waals surface area contributed by atoms with Gasteiger partial charge in [0.15, 0.2) is 4.34 Å². The first kappa shape index (κ1) is 18.2. The highest BCUT2D eigenvalue weighted by Gasteiger charge is 2.08. The van der Waals surface area contributed by atoms with Crippen LogP contribution in [0.4, 0.5) is 13.9 Å². The molecular weight excluding hydrogens is 376 g/mol. The van der Waals surface area contributed by atoms with Crippen molar-refractivity contribution in [2.75, 3.05) is 5.32 Å². The van der Waals surface area contributed by atoms with Crippen LogP contribution in [0.1, 0.15) is 11.1 Å². The number of anilines is 1. The minimum absolute atomic E-state index is 0.260. The minimum atomic E-state index is -0.365. The molecule has 0 aliphatic rings. The molecule has 0 spiro atoms. The van der Waals surface area contributed by atoms with Gasteiger partial charge in [-0.2, -0.15) is 0 Å². The van der Waals surface area contributed by atoms with Gasteiger partial charge in [-0.3, -0.25) is 10.1 Å². The fourth-order valence-electron chi connectivity index (χ4n) is 1.97. The fraction of sp³-hybridized carbons (Fsp3) is 0.0556. The van der Waals surface area contributed by atoms with Crippen LogP contribution < -0.4 is 5.32 Å². The average Bonchev–Trinajstić information content (AvgIpc) is 3.08. The third-order valence-electron chi connectivity index (χ3n) is 3.24. The number of nitrogens with zero attached hydrogens (tertiary/aromatic N) is 2. The summed E-state index contributed by atoms with van der Waals surface area (Å²) in [6, 6.07) is 12.3. The lowest BCUT2D eigenvalue weighted by Gasteiger charge is -1.99. The number of hydrogen-bond acceptors (Lipinski definition) is 5. The molecule has 8 heteroatoms. The van der Waals surface area contributed by atoms with Crippen LogP contribution in [-0.4, -0.2) is 16.1 Å². The van der Waals surface area contributed by atoms with Gasteiger partial charge in [0.25, 0.3) is 0 Å². The molecule has 0 unspecified atom stereocenters. The fourth-order valence-corrected chi connectivity index (χ4v) is 3.71. The van der Waals surface area contributed by atoms with E-state index in [1.807, 2.05) is 0 Å². The molecule has 26 heavy (non-hydrogen) atoms. The number of hydrogen-bond donors (Lipinski definition) is 1. The standard InChI is InChI=1S/C18H13F2N3OS2/c19-14-8-5-12(6-9-14)7-10-16(24)21-17-22-23-18(26-17)25-11-13-3-1-2-4-15(13)20/h1-10H,11H2,(H,21,22,24)/b10-7+. The molecule has 0 saturated carbocycles. The number of carbonyl (C=O) groups is 1. The zero-order valence-electron chi connectivity index (χ0n) is 13.4. The summed E-state index contributed by atoms with van der Waals surface area (Å²) in [4.78, 5) is 11.9. The number of benzene rings is 2. The second-order valence-corrected chi connectivity index (χ2v) is 7.33. The molecule has 132 valence electrons. The van der Waals surface area contributed by atoms with E-state index in [9.17, 15) is 13.6 Å². The Hall–Kier alpha value is -2.58. The lowest BCUT2D eigenvalue weighted by atomic mass is 10.2. The maximum absolute atomic E-state index is 13.6. The zero-order chi connectivity index (χ0) is 18.4. The maximum Gasteiger partial charge on any atom is 0.250 e. The van der Waals surface area contributed by atoms with Crippen LogP contribution in [0.2, 0.25) is 0 Å². The Morgan fingerprint density at radius 2 is 1.88 bits per heavy atom. The van der Waals surface area contributed by atoms with Gasteiger partial charge in [0.1, 0.15) is 11.6 Å². The van der Waals surface area contributed by atoms with Gasteiger partial charge in [0, 0.05) is 11.8 Å². The van der Waals surface area contributed by atoms with Crippen LogP contribution in [0.15, 0.2) is 58.9 Å². The van der Waals surface area contributed by atoms with Crippen molar-refractivity contribution >= 4 is 40.2 Å². The molecule has 3 aromatic rings. The Morgan fingerprint density at radius 1 is 1.12 bits per heavy atom. The molecule has 2 aromatic carbocycles. The van der Waals surface area contributed by atoms with Crippen molar-refractivity contribution in [3.05, 3.63) is 77.4 Å². The number of rotatable bonds is 6. The maximum atomic E-state index is 13.6. The van der Waals surface area contributed by atoms with Crippen LogP contribution in [0.25, 0.3) is 6.08 Å². The number of amides is 1. The summed E-state index contributed by atoms with van der Waals surface area (Å²) in [5, 5.41) is 10.8. The van der Waals surface area contributed by atoms with Crippen molar-refractivity contribution in [1.82, 2.24) is 10.2 Å². The van der Waals surface area contributed by atoms with Crippen molar-refractivity contribution in [2.45, 2.75) is 10.1 Å². The normalized spacial score (nSPS) is 11.0. The van der Waals surface area contributed by atoms with Gasteiger partial charge < -0.3 is 0 Å². The highest BCUT2D eigenvalue weighted by molar-refractivity contribution is 8.00. The number of thioether (sulfide) groups is 1. The summed E-state index contributed by atoms with van der Waals surface area (Å²) in [5.41, 5.74) is 1.29. The molecule has 4 nitrogen and oxygen atoms in total. The summed E-state index contributed by atoms with van der Waals surface area (Å²) >= 11 is 2.56. The van der Waals surface area contributed by atoms with Crippen molar-refractivity contribution in [3.63, 3.8) is 0 Å². The molecule has 0 radical (unpaired) electrons. The first-order valence-corrected chi connectivity index (χ1v) is 9.35. The Bertz CT molecular complexity index is 926. The largest absolute Gasteiger partial charge is 0.297 e. The van der Waals surface area contributed by atoms with Crippen molar-refractivity contribution in [3.8, 4) is 0 Å². The Balaban J connectivity index is 1.53. The summed E-state index contributed by atoms with van der Waals surface area (Å²) in [7, 11) is 0. The van der Waals surface area contributed by atoms with Crippen LogP contribution in [-0.2, 0) is 10.5 Å². The van der Waals surface area contributed by atoms with Gasteiger partial charge in [0.05, 0.1) is 0 Å². The molecule has 0 saturated heterocycles. The Labute approximate surface area is 157 Å². The first-order chi connectivity index (χ1) is 12.6. The summed E-state index contributed by atoms with van der Waals surface area (Å²) in [6.07, 6.45) is 2.91. The van der Waals surface area contributed by atoms with Crippen molar-refractivity contribution < 1.29 is 13.6 Å². The minimum Gasteiger partial charge on any atom is -0.297 e. The number of carbonyl (C=O) groups excluding carboxylic acids is 1. The van der Waals surface area contributed by atoms with E-state index in [1.165, 1.54) is 47.4 Å². The van der Waals surface area contributed by atoms with E-state index in [4.69, 9.17) is 0 Å². The third-order valence-corrected chi connectivity index (χ3v) is 5.26. The lowest BCUT2D eigenvalue weighted by molar-refractivity contribution is -0.111. The van der Waals surface area contributed by atoms with Gasteiger partial charge in [-0.15, -0.1) is 10.2 Å². The first-order valence-electron chi connectivity index (χ1n) is 7.54. The molecule has 0 atom stereocenters. The summed E-state index contributed by atoms with van der Waals surface area (Å²) in [6.45, 7) is 0. The number of aromatic nitrogens is 2. The quantitative estimate of drug-likeness (QED) is 0.375. The molecule has 3 rings (SSSR count).